The SMILES string of the molecule is C=C(C)C(C1=C(c2ccc(C)cc2)c2ccc(C)cc2C1)[C@@H]1c2ccccc2C(=O)N1c1ccccc1. The van der Waals surface area contributed by atoms with Crippen molar-refractivity contribution in [1.82, 2.24) is 0 Å². The molecule has 0 fully saturated rings. The zero-order chi connectivity index (χ0) is 25.7. The molecule has 6 rings (SSSR count). The third kappa shape index (κ3) is 3.84. The second-order valence-corrected chi connectivity index (χ2v) is 10.5. The number of hydrogen-bond acceptors (Lipinski definition) is 1. The molecule has 1 aliphatic heterocycles. The fourth-order valence-corrected chi connectivity index (χ4v) is 6.20. The van der Waals surface area contributed by atoms with E-state index in [1.54, 1.807) is 0 Å². The van der Waals surface area contributed by atoms with E-state index < -0.39 is 0 Å². The third-order valence-corrected chi connectivity index (χ3v) is 7.84. The summed E-state index contributed by atoms with van der Waals surface area (Å²) < 4.78 is 0. The van der Waals surface area contributed by atoms with E-state index in [-0.39, 0.29) is 17.9 Å². The van der Waals surface area contributed by atoms with Gasteiger partial charge in [0.1, 0.15) is 0 Å². The number of benzene rings is 4. The monoisotopic (exact) mass is 481 g/mol. The molecule has 0 aromatic heterocycles. The van der Waals surface area contributed by atoms with Crippen molar-refractivity contribution >= 4 is 17.2 Å². The van der Waals surface area contributed by atoms with Gasteiger partial charge >= 0.3 is 0 Å². The van der Waals surface area contributed by atoms with E-state index in [1.807, 2.05) is 53.4 Å². The van der Waals surface area contributed by atoms with E-state index in [1.165, 1.54) is 39.0 Å². The molecule has 2 atom stereocenters. The Kier molecular flexibility index (Phi) is 5.68. The molecular formula is C35H31NO. The van der Waals surface area contributed by atoms with Crippen LogP contribution in [-0.2, 0) is 6.42 Å². The van der Waals surface area contributed by atoms with Crippen molar-refractivity contribution in [3.05, 3.63) is 154 Å². The molecule has 0 saturated heterocycles. The molecule has 0 bridgehead atoms. The molecule has 0 spiro atoms. The molecular weight excluding hydrogens is 450 g/mol. The van der Waals surface area contributed by atoms with Crippen LogP contribution in [0.25, 0.3) is 5.57 Å². The van der Waals surface area contributed by atoms with E-state index >= 15 is 0 Å². The molecule has 2 heteroatoms. The van der Waals surface area contributed by atoms with Gasteiger partial charge in [-0.05, 0) is 78.8 Å². The van der Waals surface area contributed by atoms with Crippen molar-refractivity contribution < 1.29 is 4.79 Å². The zero-order valence-corrected chi connectivity index (χ0v) is 21.7. The van der Waals surface area contributed by atoms with Crippen molar-refractivity contribution in [3.8, 4) is 0 Å². The highest BCUT2D eigenvalue weighted by atomic mass is 16.2. The van der Waals surface area contributed by atoms with Crippen molar-refractivity contribution in [2.45, 2.75) is 33.2 Å². The Morgan fingerprint density at radius 2 is 1.51 bits per heavy atom. The molecule has 4 aromatic carbocycles. The maximum Gasteiger partial charge on any atom is 0.259 e. The van der Waals surface area contributed by atoms with Crippen LogP contribution < -0.4 is 4.90 Å². The Morgan fingerprint density at radius 1 is 0.838 bits per heavy atom. The molecule has 0 saturated carbocycles. The van der Waals surface area contributed by atoms with E-state index in [9.17, 15) is 4.79 Å². The lowest BCUT2D eigenvalue weighted by molar-refractivity contribution is 0.0988. The molecule has 0 N–H and O–H groups in total. The van der Waals surface area contributed by atoms with Crippen LogP contribution in [0.4, 0.5) is 5.69 Å². The predicted octanol–water partition coefficient (Wildman–Crippen LogP) is 8.26. The number of nitrogens with zero attached hydrogens (tertiary/aromatic N) is 1. The van der Waals surface area contributed by atoms with Gasteiger partial charge in [0.25, 0.3) is 5.91 Å². The normalized spacial score (nSPS) is 17.1. The summed E-state index contributed by atoms with van der Waals surface area (Å²) in [7, 11) is 0. The van der Waals surface area contributed by atoms with Gasteiger partial charge in [-0.15, -0.1) is 0 Å². The second kappa shape index (κ2) is 9.05. The molecule has 182 valence electrons. The standard InChI is InChI=1S/C35H31NO/c1-22(2)32(34-29-12-8-9-13-30(29)35(37)36(34)27-10-6-5-7-11-27)31-21-26-20-24(4)16-19-28(26)33(31)25-17-14-23(3)15-18-25/h5-20,32,34H,1,21H2,2-4H3/t32?,34-/m0/s1. The number of fused-ring (bicyclic) bond motifs is 2. The van der Waals surface area contributed by atoms with E-state index in [2.05, 4.69) is 75.9 Å². The largest absolute Gasteiger partial charge is 0.300 e. The molecule has 2 nitrogen and oxygen atoms in total. The number of carbonyl (C=O) groups excluding carboxylic acids is 1. The van der Waals surface area contributed by atoms with Gasteiger partial charge in [0.2, 0.25) is 0 Å². The summed E-state index contributed by atoms with van der Waals surface area (Å²) in [6, 6.07) is 33.6. The van der Waals surface area contributed by atoms with Crippen molar-refractivity contribution in [2.24, 2.45) is 5.92 Å². The van der Waals surface area contributed by atoms with Gasteiger partial charge in [-0.2, -0.15) is 0 Å². The molecule has 1 heterocycles. The van der Waals surface area contributed by atoms with Crippen LogP contribution in [0.1, 0.15) is 56.7 Å². The lowest BCUT2D eigenvalue weighted by atomic mass is 9.79. The molecule has 37 heavy (non-hydrogen) atoms. The maximum atomic E-state index is 13.9. The van der Waals surface area contributed by atoms with Crippen LogP contribution in [0.3, 0.4) is 0 Å². The van der Waals surface area contributed by atoms with Crippen LogP contribution in [0.5, 0.6) is 0 Å². The van der Waals surface area contributed by atoms with Gasteiger partial charge in [0, 0.05) is 17.2 Å². The summed E-state index contributed by atoms with van der Waals surface area (Å²) >= 11 is 0. The topological polar surface area (TPSA) is 20.3 Å². The third-order valence-electron chi connectivity index (χ3n) is 7.84. The highest BCUT2D eigenvalue weighted by Gasteiger charge is 2.45. The van der Waals surface area contributed by atoms with Gasteiger partial charge in [-0.3, -0.25) is 9.69 Å². The second-order valence-electron chi connectivity index (χ2n) is 10.5. The first-order valence-corrected chi connectivity index (χ1v) is 13.0. The summed E-state index contributed by atoms with van der Waals surface area (Å²) in [4.78, 5) is 15.9. The summed E-state index contributed by atoms with van der Waals surface area (Å²) in [5.41, 5.74) is 12.8. The van der Waals surface area contributed by atoms with Crippen LogP contribution in [0, 0.1) is 19.8 Å². The highest BCUT2D eigenvalue weighted by molar-refractivity contribution is 6.11. The average molecular weight is 482 g/mol. The van der Waals surface area contributed by atoms with Crippen LogP contribution >= 0.6 is 0 Å². The summed E-state index contributed by atoms with van der Waals surface area (Å²) in [6.07, 6.45) is 0.854. The first-order chi connectivity index (χ1) is 17.9. The molecule has 1 unspecified atom stereocenters. The van der Waals surface area contributed by atoms with Crippen molar-refractivity contribution in [1.29, 1.82) is 0 Å². The van der Waals surface area contributed by atoms with Crippen LogP contribution in [0.15, 0.2) is 115 Å². The van der Waals surface area contributed by atoms with Gasteiger partial charge in [0.15, 0.2) is 0 Å². The quantitative estimate of drug-likeness (QED) is 0.263. The number of rotatable bonds is 5. The molecule has 4 aromatic rings. The first-order valence-electron chi connectivity index (χ1n) is 13.0. The number of carbonyl (C=O) groups is 1. The van der Waals surface area contributed by atoms with E-state index in [0.717, 1.165) is 28.8 Å². The number of para-hydroxylation sites is 1. The van der Waals surface area contributed by atoms with Crippen molar-refractivity contribution in [3.63, 3.8) is 0 Å². The minimum Gasteiger partial charge on any atom is -0.300 e. The van der Waals surface area contributed by atoms with Gasteiger partial charge in [-0.25, -0.2) is 0 Å². The van der Waals surface area contributed by atoms with Crippen LogP contribution in [0.2, 0.25) is 0 Å². The summed E-state index contributed by atoms with van der Waals surface area (Å²) in [5, 5.41) is 0. The smallest absolute Gasteiger partial charge is 0.259 e. The Balaban J connectivity index is 1.60. The number of anilines is 1. The van der Waals surface area contributed by atoms with Crippen molar-refractivity contribution in [2.75, 3.05) is 4.90 Å². The minimum absolute atomic E-state index is 0.0307. The summed E-state index contributed by atoms with van der Waals surface area (Å²) in [6.45, 7) is 10.9. The Morgan fingerprint density at radius 3 is 2.24 bits per heavy atom. The van der Waals surface area contributed by atoms with E-state index in [4.69, 9.17) is 0 Å². The molecule has 1 aliphatic carbocycles. The maximum absolute atomic E-state index is 13.9. The van der Waals surface area contributed by atoms with Crippen LogP contribution in [-0.4, -0.2) is 5.91 Å². The Hall–Kier alpha value is -4.17. The van der Waals surface area contributed by atoms with Gasteiger partial charge < -0.3 is 0 Å². The minimum atomic E-state index is -0.158. The first kappa shape index (κ1) is 23.2. The van der Waals surface area contributed by atoms with E-state index in [0.29, 0.717) is 0 Å². The molecule has 0 radical (unpaired) electrons. The fraction of sp³-hybridized carbons (Fsp3) is 0.171. The molecule has 1 amide bonds. The predicted molar refractivity (Wildman–Crippen MR) is 153 cm³/mol. The van der Waals surface area contributed by atoms with Gasteiger partial charge in [-0.1, -0.05) is 102 Å². The zero-order valence-electron chi connectivity index (χ0n) is 21.7. The Labute approximate surface area is 219 Å². The molecule has 2 aliphatic rings. The summed E-state index contributed by atoms with van der Waals surface area (Å²) in [5.74, 6) is 0.0266. The fourth-order valence-electron chi connectivity index (χ4n) is 6.20. The lowest BCUT2D eigenvalue weighted by Crippen LogP contribution is -2.34. The Bertz CT molecular complexity index is 1560. The van der Waals surface area contributed by atoms with Gasteiger partial charge in [0.05, 0.1) is 6.04 Å². The number of aryl methyl sites for hydroxylation is 2. The number of amides is 1. The number of hydrogen-bond donors (Lipinski definition) is 0. The lowest BCUT2D eigenvalue weighted by Gasteiger charge is -2.34. The average Bonchev–Trinajstić information content (AvgIpc) is 3.40. The highest BCUT2D eigenvalue weighted by Crippen LogP contribution is 2.51.